The number of hydrogen-bond acceptors (Lipinski definition) is 5. The summed E-state index contributed by atoms with van der Waals surface area (Å²) in [6.45, 7) is 0.159. The van der Waals surface area contributed by atoms with Gasteiger partial charge >= 0.3 is 6.18 Å². The minimum absolute atomic E-state index is 0.159. The molecule has 0 aliphatic carbocycles. The molecule has 0 spiro atoms. The summed E-state index contributed by atoms with van der Waals surface area (Å²) in [4.78, 5) is 8.02. The van der Waals surface area contributed by atoms with E-state index in [1.54, 1.807) is 13.2 Å². The molecule has 0 atom stereocenters. The van der Waals surface area contributed by atoms with Crippen LogP contribution in [-0.4, -0.2) is 21.6 Å². The number of aromatic nitrogens is 3. The van der Waals surface area contributed by atoms with Crippen molar-refractivity contribution in [3.05, 3.63) is 34.3 Å². The zero-order valence-corrected chi connectivity index (χ0v) is 13.1. The second kappa shape index (κ2) is 5.73. The van der Waals surface area contributed by atoms with E-state index in [-0.39, 0.29) is 6.54 Å². The van der Waals surface area contributed by atoms with Crippen molar-refractivity contribution in [1.29, 1.82) is 0 Å². The first-order chi connectivity index (χ1) is 10.9. The van der Waals surface area contributed by atoms with Crippen LogP contribution >= 0.6 is 11.3 Å². The lowest BCUT2D eigenvalue weighted by Gasteiger charge is -2.04. The largest absolute Gasteiger partial charge is 0.494 e. The van der Waals surface area contributed by atoms with Crippen LogP contribution in [0.4, 0.5) is 19.1 Å². The highest BCUT2D eigenvalue weighted by molar-refractivity contribution is 7.09. The Balaban J connectivity index is 1.82. The number of anilines is 1. The molecule has 0 amide bonds. The van der Waals surface area contributed by atoms with Gasteiger partial charge in [0.05, 0.1) is 24.9 Å². The van der Waals surface area contributed by atoms with Crippen LogP contribution in [0.1, 0.15) is 10.7 Å². The molecule has 122 valence electrons. The number of hydrogen-bond donors (Lipinski definition) is 1. The molecule has 0 saturated carbocycles. The van der Waals surface area contributed by atoms with E-state index in [4.69, 9.17) is 4.74 Å². The van der Waals surface area contributed by atoms with Crippen LogP contribution in [0.5, 0.6) is 5.75 Å². The molecule has 2 aromatic heterocycles. The first-order valence-electron chi connectivity index (χ1n) is 6.65. The standard InChI is InChI=1S/C14H13F3N4OS/c1-21-9-4-3-5-10(22-2)11(9)20-13(21)18-6-8-7-23-12(19-8)14(15,16)17/h3-5,7H,6H2,1-2H3,(H,18,20). The smallest absolute Gasteiger partial charge is 0.443 e. The molecule has 0 aliphatic heterocycles. The van der Waals surface area contributed by atoms with Crippen LogP contribution in [0.15, 0.2) is 23.6 Å². The molecule has 0 saturated heterocycles. The first-order valence-corrected chi connectivity index (χ1v) is 7.53. The highest BCUT2D eigenvalue weighted by Crippen LogP contribution is 2.32. The average molecular weight is 342 g/mol. The number of ether oxygens (including phenoxy) is 1. The number of imidazole rings is 1. The second-order valence-corrected chi connectivity index (χ2v) is 5.68. The van der Waals surface area contributed by atoms with Crippen molar-refractivity contribution in [1.82, 2.24) is 14.5 Å². The Morgan fingerprint density at radius 2 is 2.09 bits per heavy atom. The summed E-state index contributed by atoms with van der Waals surface area (Å²) in [7, 11) is 3.38. The van der Waals surface area contributed by atoms with Gasteiger partial charge in [-0.05, 0) is 12.1 Å². The predicted octanol–water partition coefficient (Wildman–Crippen LogP) is 3.67. The van der Waals surface area contributed by atoms with Gasteiger partial charge in [-0.1, -0.05) is 6.07 Å². The van der Waals surface area contributed by atoms with Crippen molar-refractivity contribution in [2.45, 2.75) is 12.7 Å². The molecule has 0 aliphatic rings. The van der Waals surface area contributed by atoms with Gasteiger partial charge in [0.1, 0.15) is 11.3 Å². The summed E-state index contributed by atoms with van der Waals surface area (Å²) in [5.41, 5.74) is 1.87. The van der Waals surface area contributed by atoms with Gasteiger partial charge in [0, 0.05) is 12.4 Å². The molecule has 0 radical (unpaired) electrons. The van der Waals surface area contributed by atoms with Gasteiger partial charge in [0.25, 0.3) is 0 Å². The molecule has 5 nitrogen and oxygen atoms in total. The number of aryl methyl sites for hydroxylation is 1. The van der Waals surface area contributed by atoms with Crippen molar-refractivity contribution in [3.63, 3.8) is 0 Å². The lowest BCUT2D eigenvalue weighted by Crippen LogP contribution is -2.07. The third-order valence-corrected chi connectivity index (χ3v) is 4.25. The molecule has 3 rings (SSSR count). The zero-order chi connectivity index (χ0) is 16.6. The van der Waals surface area contributed by atoms with Crippen LogP contribution in [0.2, 0.25) is 0 Å². The molecule has 1 N–H and O–H groups in total. The van der Waals surface area contributed by atoms with Crippen molar-refractivity contribution in [3.8, 4) is 5.75 Å². The number of benzene rings is 1. The van der Waals surface area contributed by atoms with Crippen LogP contribution in [0.3, 0.4) is 0 Å². The number of fused-ring (bicyclic) bond motifs is 1. The Hall–Kier alpha value is -2.29. The minimum atomic E-state index is -4.41. The monoisotopic (exact) mass is 342 g/mol. The molecule has 1 aromatic carbocycles. The molecule has 23 heavy (non-hydrogen) atoms. The van der Waals surface area contributed by atoms with E-state index in [0.717, 1.165) is 5.52 Å². The van der Waals surface area contributed by atoms with Gasteiger partial charge in [-0.2, -0.15) is 13.2 Å². The number of rotatable bonds is 4. The average Bonchev–Trinajstić information content (AvgIpc) is 3.10. The number of thiazole rings is 1. The van der Waals surface area contributed by atoms with Crippen LogP contribution < -0.4 is 10.1 Å². The summed E-state index contributed by atoms with van der Waals surface area (Å²) in [6.07, 6.45) is -4.41. The normalized spacial score (nSPS) is 11.9. The number of nitrogens with zero attached hydrogens (tertiary/aromatic N) is 3. The van der Waals surface area contributed by atoms with E-state index in [1.165, 1.54) is 5.38 Å². The van der Waals surface area contributed by atoms with E-state index >= 15 is 0 Å². The number of nitrogens with one attached hydrogen (secondary N) is 1. The van der Waals surface area contributed by atoms with E-state index in [0.29, 0.717) is 34.2 Å². The fraction of sp³-hybridized carbons (Fsp3) is 0.286. The molecular weight excluding hydrogens is 329 g/mol. The quantitative estimate of drug-likeness (QED) is 0.786. The van der Waals surface area contributed by atoms with Crippen LogP contribution in [0, 0.1) is 0 Å². The van der Waals surface area contributed by atoms with Crippen LogP contribution in [0.25, 0.3) is 11.0 Å². The molecule has 9 heteroatoms. The van der Waals surface area contributed by atoms with Gasteiger partial charge in [0.15, 0.2) is 5.01 Å². The number of alkyl halides is 3. The Labute approximate surface area is 133 Å². The molecule has 2 heterocycles. The molecule has 0 bridgehead atoms. The third-order valence-electron chi connectivity index (χ3n) is 3.32. The fourth-order valence-electron chi connectivity index (χ4n) is 2.20. The maximum atomic E-state index is 12.5. The van der Waals surface area contributed by atoms with E-state index in [1.807, 2.05) is 23.7 Å². The number of para-hydroxylation sites is 1. The zero-order valence-electron chi connectivity index (χ0n) is 12.3. The maximum absolute atomic E-state index is 12.5. The molecular formula is C14H13F3N4OS. The van der Waals surface area contributed by atoms with Gasteiger partial charge in [-0.3, -0.25) is 0 Å². The third kappa shape index (κ3) is 2.96. The molecule has 3 aromatic rings. The molecule has 0 unspecified atom stereocenters. The summed E-state index contributed by atoms with van der Waals surface area (Å²) in [6, 6.07) is 5.54. The van der Waals surface area contributed by atoms with Crippen molar-refractivity contribution in [2.75, 3.05) is 12.4 Å². The maximum Gasteiger partial charge on any atom is 0.443 e. The first kappa shape index (κ1) is 15.6. The van der Waals surface area contributed by atoms with Gasteiger partial charge < -0.3 is 14.6 Å². The van der Waals surface area contributed by atoms with Gasteiger partial charge in [0.2, 0.25) is 5.95 Å². The van der Waals surface area contributed by atoms with Crippen molar-refractivity contribution < 1.29 is 17.9 Å². The van der Waals surface area contributed by atoms with E-state index in [9.17, 15) is 13.2 Å². The summed E-state index contributed by atoms with van der Waals surface area (Å²) in [5.74, 6) is 1.17. The number of halogens is 3. The summed E-state index contributed by atoms with van der Waals surface area (Å²) < 4.78 is 44.7. The summed E-state index contributed by atoms with van der Waals surface area (Å²) in [5, 5.41) is 3.55. The predicted molar refractivity (Wildman–Crippen MR) is 81.7 cm³/mol. The van der Waals surface area contributed by atoms with E-state index < -0.39 is 11.2 Å². The van der Waals surface area contributed by atoms with Gasteiger partial charge in [-0.25, -0.2) is 9.97 Å². The Morgan fingerprint density at radius 3 is 2.74 bits per heavy atom. The Bertz CT molecular complexity index is 840. The minimum Gasteiger partial charge on any atom is -0.494 e. The highest BCUT2D eigenvalue weighted by Gasteiger charge is 2.34. The SMILES string of the molecule is COc1cccc2c1nc(NCc1csc(C(F)(F)F)n1)n2C. The lowest BCUT2D eigenvalue weighted by molar-refractivity contribution is -0.137. The highest BCUT2D eigenvalue weighted by atomic mass is 32.1. The van der Waals surface area contributed by atoms with Crippen LogP contribution in [-0.2, 0) is 19.8 Å². The van der Waals surface area contributed by atoms with Gasteiger partial charge in [-0.15, -0.1) is 11.3 Å². The Morgan fingerprint density at radius 1 is 1.30 bits per heavy atom. The summed E-state index contributed by atoms with van der Waals surface area (Å²) >= 11 is 0.584. The lowest BCUT2D eigenvalue weighted by atomic mass is 10.3. The van der Waals surface area contributed by atoms with Crippen molar-refractivity contribution >= 4 is 28.3 Å². The fourth-order valence-corrected chi connectivity index (χ4v) is 2.89. The second-order valence-electron chi connectivity index (χ2n) is 4.82. The Kier molecular flexibility index (Phi) is 3.88. The topological polar surface area (TPSA) is 52.0 Å². The van der Waals surface area contributed by atoms with E-state index in [2.05, 4.69) is 15.3 Å². The number of methoxy groups -OCH3 is 1. The van der Waals surface area contributed by atoms with Crippen molar-refractivity contribution in [2.24, 2.45) is 7.05 Å². The molecule has 0 fully saturated rings.